The smallest absolute Gasteiger partial charge is 0.332 e. The van der Waals surface area contributed by atoms with E-state index in [0.717, 1.165) is 25.7 Å². The average Bonchev–Trinajstić information content (AvgIpc) is 2.30. The third-order valence-corrected chi connectivity index (χ3v) is 3.13. The zero-order chi connectivity index (χ0) is 11.5. The third kappa shape index (κ3) is 2.18. The summed E-state index contributed by atoms with van der Waals surface area (Å²) in [5, 5.41) is 6.04. The Morgan fingerprint density at radius 1 is 1.31 bits per heavy atom. The molecular formula is C11H16N2O3. The number of piperazine rings is 1. The van der Waals surface area contributed by atoms with E-state index in [2.05, 4.69) is 15.4 Å². The van der Waals surface area contributed by atoms with Crippen LogP contribution < -0.4 is 10.6 Å². The van der Waals surface area contributed by atoms with Crippen molar-refractivity contribution >= 4 is 11.9 Å². The molecule has 16 heavy (non-hydrogen) atoms. The molecule has 1 heterocycles. The SMILES string of the molecule is COC(=O)/C=C1\N[C@@H]2CCCC[C@@H]2NC1=O. The Bertz CT molecular complexity index is 338. The largest absolute Gasteiger partial charge is 0.466 e. The van der Waals surface area contributed by atoms with Gasteiger partial charge in [-0.3, -0.25) is 4.79 Å². The third-order valence-electron chi connectivity index (χ3n) is 3.13. The summed E-state index contributed by atoms with van der Waals surface area (Å²) in [7, 11) is 1.30. The summed E-state index contributed by atoms with van der Waals surface area (Å²) in [6.45, 7) is 0. The van der Waals surface area contributed by atoms with Gasteiger partial charge in [0.15, 0.2) is 0 Å². The van der Waals surface area contributed by atoms with E-state index in [1.165, 1.54) is 13.2 Å². The molecule has 0 spiro atoms. The van der Waals surface area contributed by atoms with Crippen molar-refractivity contribution in [3.05, 3.63) is 11.8 Å². The van der Waals surface area contributed by atoms with Crippen molar-refractivity contribution in [3.63, 3.8) is 0 Å². The molecule has 2 N–H and O–H groups in total. The molecule has 1 saturated heterocycles. The lowest BCUT2D eigenvalue weighted by Crippen LogP contribution is -2.58. The molecule has 2 rings (SSSR count). The van der Waals surface area contributed by atoms with Gasteiger partial charge in [0.25, 0.3) is 5.91 Å². The Morgan fingerprint density at radius 2 is 1.94 bits per heavy atom. The Kier molecular flexibility index (Phi) is 3.12. The number of carbonyl (C=O) groups is 2. The van der Waals surface area contributed by atoms with Gasteiger partial charge in [0.1, 0.15) is 5.70 Å². The second-order valence-corrected chi connectivity index (χ2v) is 4.20. The summed E-state index contributed by atoms with van der Waals surface area (Å²) < 4.78 is 4.50. The summed E-state index contributed by atoms with van der Waals surface area (Å²) in [5.74, 6) is -0.722. The van der Waals surface area contributed by atoms with Gasteiger partial charge < -0.3 is 15.4 Å². The lowest BCUT2D eigenvalue weighted by atomic mass is 9.88. The highest BCUT2D eigenvalue weighted by Gasteiger charge is 2.33. The number of nitrogens with one attached hydrogen (secondary N) is 2. The van der Waals surface area contributed by atoms with Gasteiger partial charge >= 0.3 is 5.97 Å². The summed E-state index contributed by atoms with van der Waals surface area (Å²) in [5.41, 5.74) is 0.315. The molecule has 0 aromatic rings. The number of fused-ring (bicyclic) bond motifs is 1. The zero-order valence-electron chi connectivity index (χ0n) is 9.29. The minimum atomic E-state index is -0.507. The fourth-order valence-corrected chi connectivity index (χ4v) is 2.27. The van der Waals surface area contributed by atoms with Gasteiger partial charge in [-0.15, -0.1) is 0 Å². The van der Waals surface area contributed by atoms with Crippen LogP contribution in [0.2, 0.25) is 0 Å². The maximum absolute atomic E-state index is 11.7. The molecule has 88 valence electrons. The number of esters is 1. The van der Waals surface area contributed by atoms with E-state index in [1.54, 1.807) is 0 Å². The van der Waals surface area contributed by atoms with E-state index in [4.69, 9.17) is 0 Å². The van der Waals surface area contributed by atoms with Crippen molar-refractivity contribution in [2.24, 2.45) is 0 Å². The van der Waals surface area contributed by atoms with Crippen LogP contribution in [0.15, 0.2) is 11.8 Å². The van der Waals surface area contributed by atoms with Crippen molar-refractivity contribution in [2.75, 3.05) is 7.11 Å². The van der Waals surface area contributed by atoms with Crippen LogP contribution in [0.5, 0.6) is 0 Å². The summed E-state index contributed by atoms with van der Waals surface area (Å²) in [6.07, 6.45) is 5.56. The molecule has 0 bridgehead atoms. The molecule has 1 aliphatic heterocycles. The fourth-order valence-electron chi connectivity index (χ4n) is 2.27. The first-order valence-electron chi connectivity index (χ1n) is 5.58. The molecule has 0 radical (unpaired) electrons. The van der Waals surface area contributed by atoms with Gasteiger partial charge in [0.05, 0.1) is 13.2 Å². The van der Waals surface area contributed by atoms with Gasteiger partial charge in [-0.1, -0.05) is 12.8 Å². The molecular weight excluding hydrogens is 208 g/mol. The number of amides is 1. The molecule has 0 unspecified atom stereocenters. The lowest BCUT2D eigenvalue weighted by molar-refractivity contribution is -0.135. The molecule has 0 aromatic carbocycles. The molecule has 2 fully saturated rings. The normalized spacial score (nSPS) is 31.3. The van der Waals surface area contributed by atoms with Crippen LogP contribution in [0.25, 0.3) is 0 Å². The van der Waals surface area contributed by atoms with Crippen LogP contribution in [0.3, 0.4) is 0 Å². The number of carbonyl (C=O) groups excluding carboxylic acids is 2. The zero-order valence-corrected chi connectivity index (χ0v) is 9.29. The van der Waals surface area contributed by atoms with Crippen LogP contribution in [-0.4, -0.2) is 31.1 Å². The molecule has 5 nitrogen and oxygen atoms in total. The Hall–Kier alpha value is -1.52. The van der Waals surface area contributed by atoms with Crippen molar-refractivity contribution in [3.8, 4) is 0 Å². The number of methoxy groups -OCH3 is 1. The van der Waals surface area contributed by atoms with Gasteiger partial charge in [0.2, 0.25) is 0 Å². The Labute approximate surface area is 94.2 Å². The molecule has 1 aliphatic carbocycles. The molecule has 5 heteroatoms. The van der Waals surface area contributed by atoms with Crippen LogP contribution in [0, 0.1) is 0 Å². The van der Waals surface area contributed by atoms with Crippen molar-refractivity contribution in [1.82, 2.24) is 10.6 Å². The fraction of sp³-hybridized carbons (Fsp3) is 0.636. The molecule has 1 saturated carbocycles. The van der Waals surface area contributed by atoms with Crippen molar-refractivity contribution in [2.45, 2.75) is 37.8 Å². The second kappa shape index (κ2) is 4.55. The van der Waals surface area contributed by atoms with E-state index in [1.807, 2.05) is 0 Å². The van der Waals surface area contributed by atoms with Crippen molar-refractivity contribution in [1.29, 1.82) is 0 Å². The summed E-state index contributed by atoms with van der Waals surface area (Å²) in [4.78, 5) is 22.7. The van der Waals surface area contributed by atoms with E-state index < -0.39 is 5.97 Å². The van der Waals surface area contributed by atoms with Gasteiger partial charge in [-0.2, -0.15) is 0 Å². The standard InChI is InChI=1S/C11H16N2O3/c1-16-10(14)6-9-11(15)13-8-5-3-2-4-7(8)12-9/h6-8,12H,2-5H2,1H3,(H,13,15)/b9-6-/t7-,8+/m1/s1. The summed E-state index contributed by atoms with van der Waals surface area (Å²) >= 11 is 0. The highest BCUT2D eigenvalue weighted by Crippen LogP contribution is 2.22. The first kappa shape index (κ1) is 11.0. The van der Waals surface area contributed by atoms with Crippen LogP contribution in [-0.2, 0) is 14.3 Å². The molecule has 1 amide bonds. The maximum atomic E-state index is 11.7. The maximum Gasteiger partial charge on any atom is 0.332 e. The Morgan fingerprint density at radius 3 is 2.56 bits per heavy atom. The minimum Gasteiger partial charge on any atom is -0.466 e. The van der Waals surface area contributed by atoms with E-state index in [9.17, 15) is 9.59 Å². The molecule has 2 aliphatic rings. The first-order valence-corrected chi connectivity index (χ1v) is 5.58. The predicted octanol–water partition coefficient (Wildman–Crippen LogP) is 0.0739. The van der Waals surface area contributed by atoms with E-state index in [0.29, 0.717) is 5.70 Å². The quantitative estimate of drug-likeness (QED) is 0.489. The van der Waals surface area contributed by atoms with Crippen LogP contribution >= 0.6 is 0 Å². The monoisotopic (exact) mass is 224 g/mol. The van der Waals surface area contributed by atoms with Gasteiger partial charge in [-0.05, 0) is 12.8 Å². The van der Waals surface area contributed by atoms with Crippen LogP contribution in [0.1, 0.15) is 25.7 Å². The molecule has 0 aromatic heterocycles. The van der Waals surface area contributed by atoms with Gasteiger partial charge in [-0.25, -0.2) is 4.79 Å². The average molecular weight is 224 g/mol. The lowest BCUT2D eigenvalue weighted by Gasteiger charge is -2.38. The predicted molar refractivity (Wildman–Crippen MR) is 57.4 cm³/mol. The van der Waals surface area contributed by atoms with Crippen molar-refractivity contribution < 1.29 is 14.3 Å². The second-order valence-electron chi connectivity index (χ2n) is 4.20. The first-order chi connectivity index (χ1) is 7.70. The van der Waals surface area contributed by atoms with E-state index in [-0.39, 0.29) is 18.0 Å². The Balaban J connectivity index is 2.08. The minimum absolute atomic E-state index is 0.205. The number of hydrogen-bond acceptors (Lipinski definition) is 4. The number of ether oxygens (including phenoxy) is 1. The topological polar surface area (TPSA) is 67.4 Å². The summed E-state index contributed by atoms with van der Waals surface area (Å²) in [6, 6.07) is 0.457. The number of rotatable bonds is 1. The highest BCUT2D eigenvalue weighted by atomic mass is 16.5. The van der Waals surface area contributed by atoms with Gasteiger partial charge in [0, 0.05) is 12.1 Å². The number of hydrogen-bond donors (Lipinski definition) is 2. The molecule has 2 atom stereocenters. The van der Waals surface area contributed by atoms with Crippen LogP contribution in [0.4, 0.5) is 0 Å². The van der Waals surface area contributed by atoms with E-state index >= 15 is 0 Å². The highest BCUT2D eigenvalue weighted by molar-refractivity contribution is 5.99.